The Balaban J connectivity index is 1.82. The molecule has 2 aliphatic rings. The molecule has 1 spiro atoms. The molecular formula is C17H20N2O4. The number of benzene rings is 1. The van der Waals surface area contributed by atoms with E-state index in [2.05, 4.69) is 5.32 Å². The van der Waals surface area contributed by atoms with Crippen molar-refractivity contribution in [3.63, 3.8) is 0 Å². The van der Waals surface area contributed by atoms with Crippen LogP contribution >= 0.6 is 0 Å². The van der Waals surface area contributed by atoms with Crippen LogP contribution in [-0.4, -0.2) is 22.9 Å². The number of aliphatic carboxylic acids is 1. The summed E-state index contributed by atoms with van der Waals surface area (Å²) >= 11 is 0. The van der Waals surface area contributed by atoms with Crippen molar-refractivity contribution in [2.75, 3.05) is 5.32 Å². The number of amides is 2. The zero-order valence-electron chi connectivity index (χ0n) is 13.0. The number of carbonyl (C=O) groups is 3. The van der Waals surface area contributed by atoms with Gasteiger partial charge in [0.25, 0.3) is 0 Å². The molecule has 2 aliphatic carbocycles. The molecule has 2 saturated carbocycles. The maximum absolute atomic E-state index is 12.6. The molecule has 0 aromatic heterocycles. The van der Waals surface area contributed by atoms with Crippen molar-refractivity contribution in [3.8, 4) is 0 Å². The summed E-state index contributed by atoms with van der Waals surface area (Å²) in [7, 11) is 0. The fourth-order valence-corrected chi connectivity index (χ4v) is 3.82. The molecule has 122 valence electrons. The summed E-state index contributed by atoms with van der Waals surface area (Å²) in [6.45, 7) is 1.78. The van der Waals surface area contributed by atoms with Gasteiger partial charge in [0, 0.05) is 11.3 Å². The molecule has 0 bridgehead atoms. The van der Waals surface area contributed by atoms with Crippen LogP contribution in [0.15, 0.2) is 18.2 Å². The van der Waals surface area contributed by atoms with Crippen molar-refractivity contribution >= 4 is 23.5 Å². The van der Waals surface area contributed by atoms with Crippen LogP contribution in [0.2, 0.25) is 0 Å². The molecule has 6 heteroatoms. The van der Waals surface area contributed by atoms with Crippen molar-refractivity contribution in [3.05, 3.63) is 29.3 Å². The normalized spacial score (nSPS) is 20.2. The predicted octanol–water partition coefficient (Wildman–Crippen LogP) is 2.07. The summed E-state index contributed by atoms with van der Waals surface area (Å²) in [4.78, 5) is 35.6. The van der Waals surface area contributed by atoms with E-state index >= 15 is 0 Å². The number of nitrogens with one attached hydrogen (secondary N) is 1. The molecule has 1 aromatic rings. The summed E-state index contributed by atoms with van der Waals surface area (Å²) in [6.07, 6.45) is 3.92. The number of rotatable bonds is 4. The van der Waals surface area contributed by atoms with Gasteiger partial charge in [0.15, 0.2) is 0 Å². The zero-order chi connectivity index (χ0) is 16.8. The van der Waals surface area contributed by atoms with Crippen LogP contribution in [0, 0.1) is 17.8 Å². The Labute approximate surface area is 134 Å². The van der Waals surface area contributed by atoms with E-state index in [9.17, 15) is 19.5 Å². The summed E-state index contributed by atoms with van der Waals surface area (Å²) < 4.78 is 0. The van der Waals surface area contributed by atoms with Crippen molar-refractivity contribution in [1.29, 1.82) is 0 Å². The number of nitrogens with two attached hydrogens (primary N) is 1. The molecule has 3 rings (SSSR count). The van der Waals surface area contributed by atoms with E-state index in [1.165, 1.54) is 6.07 Å². The summed E-state index contributed by atoms with van der Waals surface area (Å²) in [5.41, 5.74) is 5.41. The molecule has 0 heterocycles. The number of primary amides is 1. The molecule has 6 nitrogen and oxygen atoms in total. The van der Waals surface area contributed by atoms with E-state index in [4.69, 9.17) is 5.73 Å². The first-order valence-corrected chi connectivity index (χ1v) is 7.73. The number of hydrogen-bond donors (Lipinski definition) is 3. The van der Waals surface area contributed by atoms with Gasteiger partial charge in [0.2, 0.25) is 11.8 Å². The molecule has 0 atom stereocenters. The third-order valence-corrected chi connectivity index (χ3v) is 5.38. The van der Waals surface area contributed by atoms with Crippen molar-refractivity contribution < 1.29 is 19.5 Å². The highest BCUT2D eigenvalue weighted by molar-refractivity contribution is 6.10. The monoisotopic (exact) mass is 316 g/mol. The lowest BCUT2D eigenvalue weighted by molar-refractivity contribution is -0.178. The summed E-state index contributed by atoms with van der Waals surface area (Å²) in [6, 6.07) is 4.74. The first kappa shape index (κ1) is 15.5. The van der Waals surface area contributed by atoms with E-state index < -0.39 is 23.2 Å². The van der Waals surface area contributed by atoms with Gasteiger partial charge in [-0.05, 0) is 55.7 Å². The van der Waals surface area contributed by atoms with E-state index in [1.54, 1.807) is 19.1 Å². The van der Waals surface area contributed by atoms with Gasteiger partial charge in [0.05, 0.1) is 0 Å². The van der Waals surface area contributed by atoms with Crippen LogP contribution in [-0.2, 0) is 9.59 Å². The van der Waals surface area contributed by atoms with Crippen molar-refractivity contribution in [2.45, 2.75) is 39.0 Å². The Morgan fingerprint density at radius 2 is 1.87 bits per heavy atom. The van der Waals surface area contributed by atoms with E-state index in [0.717, 1.165) is 24.8 Å². The predicted molar refractivity (Wildman–Crippen MR) is 83.9 cm³/mol. The molecule has 2 amide bonds. The number of aryl methyl sites for hydroxylation is 1. The first-order chi connectivity index (χ1) is 10.8. The molecule has 23 heavy (non-hydrogen) atoms. The molecule has 0 saturated heterocycles. The van der Waals surface area contributed by atoms with Crippen LogP contribution in [0.25, 0.3) is 0 Å². The minimum atomic E-state index is -1.35. The largest absolute Gasteiger partial charge is 0.480 e. The Morgan fingerprint density at radius 3 is 2.35 bits per heavy atom. The van der Waals surface area contributed by atoms with E-state index in [0.29, 0.717) is 18.5 Å². The Morgan fingerprint density at radius 1 is 1.22 bits per heavy atom. The lowest BCUT2D eigenvalue weighted by Gasteiger charge is -2.58. The first-order valence-electron chi connectivity index (χ1n) is 7.73. The highest BCUT2D eigenvalue weighted by atomic mass is 16.4. The molecule has 2 fully saturated rings. The summed E-state index contributed by atoms with van der Waals surface area (Å²) in [5.74, 6) is -2.17. The van der Waals surface area contributed by atoms with Crippen molar-refractivity contribution in [2.24, 2.45) is 16.6 Å². The maximum Gasteiger partial charge on any atom is 0.319 e. The van der Waals surface area contributed by atoms with Gasteiger partial charge in [-0.3, -0.25) is 14.4 Å². The highest BCUT2D eigenvalue weighted by Gasteiger charge is 2.65. The van der Waals surface area contributed by atoms with Crippen LogP contribution in [0.1, 0.15) is 48.0 Å². The topological polar surface area (TPSA) is 109 Å². The fraction of sp³-hybridized carbons (Fsp3) is 0.471. The molecule has 0 unspecified atom stereocenters. The van der Waals surface area contributed by atoms with Crippen LogP contribution < -0.4 is 11.1 Å². The van der Waals surface area contributed by atoms with Gasteiger partial charge >= 0.3 is 5.97 Å². The SMILES string of the molecule is Cc1ccc(C(N)=O)cc1NC(=O)C1(C(=O)O)CC2(CCC2)C1. The number of hydrogen-bond acceptors (Lipinski definition) is 3. The molecule has 1 aromatic carbocycles. The smallest absolute Gasteiger partial charge is 0.319 e. The second kappa shape index (κ2) is 5.08. The molecule has 4 N–H and O–H groups in total. The van der Waals surface area contributed by atoms with Gasteiger partial charge in [0.1, 0.15) is 5.41 Å². The summed E-state index contributed by atoms with van der Waals surface area (Å²) in [5, 5.41) is 12.2. The Kier molecular flexibility index (Phi) is 3.43. The number of anilines is 1. The number of carbonyl (C=O) groups excluding carboxylic acids is 2. The number of carboxylic acids is 1. The zero-order valence-corrected chi connectivity index (χ0v) is 13.0. The average Bonchev–Trinajstić information content (AvgIpc) is 2.37. The van der Waals surface area contributed by atoms with E-state index in [1.807, 2.05) is 0 Å². The van der Waals surface area contributed by atoms with E-state index in [-0.39, 0.29) is 11.0 Å². The second-order valence-corrected chi connectivity index (χ2v) is 6.94. The number of carboxylic acid groups (broad SMARTS) is 1. The average molecular weight is 316 g/mol. The maximum atomic E-state index is 12.6. The Hall–Kier alpha value is -2.37. The third kappa shape index (κ3) is 2.38. The molecule has 0 radical (unpaired) electrons. The molecule has 0 aliphatic heterocycles. The fourth-order valence-electron chi connectivity index (χ4n) is 3.82. The van der Waals surface area contributed by atoms with Crippen LogP contribution in [0.3, 0.4) is 0 Å². The third-order valence-electron chi connectivity index (χ3n) is 5.38. The minimum absolute atomic E-state index is 0.0554. The van der Waals surface area contributed by atoms with Gasteiger partial charge in [-0.2, -0.15) is 0 Å². The van der Waals surface area contributed by atoms with Crippen molar-refractivity contribution in [1.82, 2.24) is 0 Å². The highest BCUT2D eigenvalue weighted by Crippen LogP contribution is 2.64. The van der Waals surface area contributed by atoms with Gasteiger partial charge in [-0.1, -0.05) is 12.5 Å². The lowest BCUT2D eigenvalue weighted by Crippen LogP contribution is -2.59. The standard InChI is InChI=1S/C17H20N2O4/c1-10-3-4-11(13(18)20)7-12(10)19-14(21)17(15(22)23)8-16(9-17)5-2-6-16/h3-4,7H,2,5-6,8-9H2,1H3,(H2,18,20)(H,19,21)(H,22,23). The lowest BCUT2D eigenvalue weighted by atomic mass is 9.45. The second-order valence-electron chi connectivity index (χ2n) is 6.94. The van der Waals surface area contributed by atoms with Crippen LogP contribution in [0.4, 0.5) is 5.69 Å². The minimum Gasteiger partial charge on any atom is -0.480 e. The van der Waals surface area contributed by atoms with Gasteiger partial charge in [-0.15, -0.1) is 0 Å². The Bertz CT molecular complexity index is 699. The van der Waals surface area contributed by atoms with Gasteiger partial charge < -0.3 is 16.2 Å². The quantitative estimate of drug-likeness (QED) is 0.739. The molecular weight excluding hydrogens is 296 g/mol. The van der Waals surface area contributed by atoms with Crippen LogP contribution in [0.5, 0.6) is 0 Å². The van der Waals surface area contributed by atoms with Gasteiger partial charge in [-0.25, -0.2) is 0 Å².